The minimum atomic E-state index is 0.134. The maximum absolute atomic E-state index is 5.79. The molecule has 0 aliphatic rings. The summed E-state index contributed by atoms with van der Waals surface area (Å²) in [5, 5.41) is 2.61. The predicted octanol–water partition coefficient (Wildman–Crippen LogP) is 4.54. The molecule has 1 heterocycles. The van der Waals surface area contributed by atoms with Gasteiger partial charge in [0, 0.05) is 11.6 Å². The summed E-state index contributed by atoms with van der Waals surface area (Å²) in [5.41, 5.74) is 2.54. The number of hydrogen-bond acceptors (Lipinski definition) is 3. The number of rotatable bonds is 2. The third-order valence-electron chi connectivity index (χ3n) is 2.66. The minimum Gasteiger partial charge on any atom is -0.431 e. The van der Waals surface area contributed by atoms with Gasteiger partial charge in [-0.3, -0.25) is 0 Å². The van der Waals surface area contributed by atoms with Crippen LogP contribution in [0.2, 0.25) is 0 Å². The number of aromatic nitrogens is 1. The van der Waals surface area contributed by atoms with Gasteiger partial charge in [-0.15, -0.1) is 0 Å². The third kappa shape index (κ3) is 2.86. The molecule has 90 valence electrons. The molecule has 1 aromatic heterocycles. The molecule has 0 aliphatic heterocycles. The Kier molecular flexibility index (Phi) is 3.20. The monoisotopic (exact) mass is 247 g/mol. The van der Waals surface area contributed by atoms with Crippen LogP contribution in [0.3, 0.4) is 0 Å². The number of aryl methyl sites for hydroxylation is 1. The van der Waals surface area contributed by atoms with Gasteiger partial charge in [-0.25, -0.2) is 4.98 Å². The lowest BCUT2D eigenvalue weighted by Crippen LogP contribution is -2.11. The highest BCUT2D eigenvalue weighted by Crippen LogP contribution is 2.31. The minimum absolute atomic E-state index is 0.134. The molecule has 2 nitrogen and oxygen atoms in total. The molecule has 0 atom stereocenters. The van der Waals surface area contributed by atoms with E-state index in [9.17, 15) is 0 Å². The molecule has 0 unspecified atom stereocenters. The number of ether oxygens (including phenoxy) is 1. The molecule has 0 saturated heterocycles. The molecule has 0 bridgehead atoms. The summed E-state index contributed by atoms with van der Waals surface area (Å²) in [6, 6.07) is 6.37. The highest BCUT2D eigenvalue weighted by Gasteiger charge is 2.15. The molecule has 17 heavy (non-hydrogen) atoms. The summed E-state index contributed by atoms with van der Waals surface area (Å²) < 4.78 is 5.79. The summed E-state index contributed by atoms with van der Waals surface area (Å²) in [6.45, 7) is 8.65. The number of nitrogens with zero attached hydrogens (tertiary/aromatic N) is 1. The quantitative estimate of drug-likeness (QED) is 0.777. The lowest BCUT2D eigenvalue weighted by molar-refractivity contribution is 0.471. The maximum atomic E-state index is 5.79. The van der Waals surface area contributed by atoms with Crippen molar-refractivity contribution >= 4 is 11.3 Å². The van der Waals surface area contributed by atoms with Crippen molar-refractivity contribution in [1.82, 2.24) is 4.98 Å². The zero-order chi connectivity index (χ0) is 12.5. The van der Waals surface area contributed by atoms with E-state index in [1.165, 1.54) is 16.9 Å². The zero-order valence-electron chi connectivity index (χ0n) is 10.7. The van der Waals surface area contributed by atoms with Gasteiger partial charge in [0.15, 0.2) is 0 Å². The van der Waals surface area contributed by atoms with Crippen LogP contribution in [-0.2, 0) is 5.41 Å². The Balaban J connectivity index is 2.33. The van der Waals surface area contributed by atoms with Crippen LogP contribution in [0, 0.1) is 6.92 Å². The largest absolute Gasteiger partial charge is 0.431 e. The van der Waals surface area contributed by atoms with E-state index >= 15 is 0 Å². The van der Waals surface area contributed by atoms with Crippen LogP contribution >= 0.6 is 11.3 Å². The molecule has 2 rings (SSSR count). The number of benzene rings is 1. The van der Waals surface area contributed by atoms with Crippen molar-refractivity contribution in [3.05, 3.63) is 40.9 Å². The van der Waals surface area contributed by atoms with E-state index in [1.807, 2.05) is 5.38 Å². The predicted molar refractivity (Wildman–Crippen MR) is 72.1 cm³/mol. The van der Waals surface area contributed by atoms with Crippen LogP contribution in [0.1, 0.15) is 31.9 Å². The van der Waals surface area contributed by atoms with E-state index in [-0.39, 0.29) is 5.41 Å². The molecule has 0 spiro atoms. The van der Waals surface area contributed by atoms with E-state index in [0.717, 1.165) is 11.3 Å². The zero-order valence-corrected chi connectivity index (χ0v) is 11.5. The van der Waals surface area contributed by atoms with Gasteiger partial charge in [-0.1, -0.05) is 44.2 Å². The molecule has 0 N–H and O–H groups in total. The molecule has 0 saturated carbocycles. The Hall–Kier alpha value is -1.35. The van der Waals surface area contributed by atoms with E-state index in [2.05, 4.69) is 50.9 Å². The van der Waals surface area contributed by atoms with Crippen LogP contribution in [0.15, 0.2) is 29.8 Å². The molecule has 2 aromatic rings. The highest BCUT2D eigenvalue weighted by molar-refractivity contribution is 7.11. The van der Waals surface area contributed by atoms with E-state index in [4.69, 9.17) is 4.74 Å². The maximum Gasteiger partial charge on any atom is 0.278 e. The van der Waals surface area contributed by atoms with Crippen molar-refractivity contribution < 1.29 is 4.74 Å². The van der Waals surface area contributed by atoms with Gasteiger partial charge in [0.05, 0.1) is 0 Å². The van der Waals surface area contributed by atoms with Crippen LogP contribution in [0.4, 0.5) is 0 Å². The second-order valence-electron chi connectivity index (χ2n) is 5.13. The summed E-state index contributed by atoms with van der Waals surface area (Å²) in [4.78, 5) is 4.14. The van der Waals surface area contributed by atoms with E-state index in [0.29, 0.717) is 5.19 Å². The Bertz CT molecular complexity index is 497. The summed E-state index contributed by atoms with van der Waals surface area (Å²) >= 11 is 1.51. The normalized spacial score (nSPS) is 11.5. The lowest BCUT2D eigenvalue weighted by Gasteiger charge is -2.20. The van der Waals surface area contributed by atoms with Gasteiger partial charge in [-0.2, -0.15) is 0 Å². The Morgan fingerprint density at radius 1 is 1.24 bits per heavy atom. The fourth-order valence-corrected chi connectivity index (χ4v) is 2.03. The summed E-state index contributed by atoms with van der Waals surface area (Å²) in [7, 11) is 0. The molecular weight excluding hydrogens is 230 g/mol. The second-order valence-corrected chi connectivity index (χ2v) is 5.99. The van der Waals surface area contributed by atoms with Crippen LogP contribution < -0.4 is 4.74 Å². The van der Waals surface area contributed by atoms with E-state index < -0.39 is 0 Å². The average molecular weight is 247 g/mol. The van der Waals surface area contributed by atoms with E-state index in [1.54, 1.807) is 6.20 Å². The Morgan fingerprint density at radius 2 is 2.00 bits per heavy atom. The molecule has 0 aliphatic carbocycles. The average Bonchev–Trinajstić information content (AvgIpc) is 2.72. The molecule has 1 aromatic carbocycles. The van der Waals surface area contributed by atoms with Crippen LogP contribution in [0.25, 0.3) is 0 Å². The van der Waals surface area contributed by atoms with Gasteiger partial charge in [0.2, 0.25) is 0 Å². The summed E-state index contributed by atoms with van der Waals surface area (Å²) in [5.74, 6) is 0.896. The van der Waals surface area contributed by atoms with Crippen molar-refractivity contribution in [1.29, 1.82) is 0 Å². The Labute approximate surface area is 106 Å². The topological polar surface area (TPSA) is 22.1 Å². The van der Waals surface area contributed by atoms with Crippen molar-refractivity contribution in [3.8, 4) is 10.9 Å². The first-order valence-corrected chi connectivity index (χ1v) is 6.53. The van der Waals surface area contributed by atoms with Gasteiger partial charge < -0.3 is 4.74 Å². The molecule has 0 amide bonds. The molecular formula is C14H17NOS. The van der Waals surface area contributed by atoms with Crippen molar-refractivity contribution in [2.24, 2.45) is 0 Å². The highest BCUT2D eigenvalue weighted by atomic mass is 32.1. The number of thiazole rings is 1. The van der Waals surface area contributed by atoms with Crippen LogP contribution in [0.5, 0.6) is 10.9 Å². The van der Waals surface area contributed by atoms with Crippen molar-refractivity contribution in [2.75, 3.05) is 0 Å². The van der Waals surface area contributed by atoms with Gasteiger partial charge in [0.1, 0.15) is 5.75 Å². The first-order chi connectivity index (χ1) is 7.97. The first-order valence-electron chi connectivity index (χ1n) is 5.65. The SMILES string of the molecule is Cc1ccc(C(C)(C)C)cc1Oc1nccs1. The molecule has 3 heteroatoms. The number of hydrogen-bond donors (Lipinski definition) is 0. The second kappa shape index (κ2) is 4.49. The van der Waals surface area contributed by atoms with Crippen molar-refractivity contribution in [3.63, 3.8) is 0 Å². The van der Waals surface area contributed by atoms with Gasteiger partial charge >= 0.3 is 0 Å². The first kappa shape index (κ1) is 12.1. The smallest absolute Gasteiger partial charge is 0.278 e. The third-order valence-corrected chi connectivity index (χ3v) is 3.31. The molecule has 0 fully saturated rings. The summed E-state index contributed by atoms with van der Waals surface area (Å²) in [6.07, 6.45) is 1.75. The lowest BCUT2D eigenvalue weighted by atomic mass is 9.86. The van der Waals surface area contributed by atoms with Crippen LogP contribution in [-0.4, -0.2) is 4.98 Å². The van der Waals surface area contributed by atoms with Gasteiger partial charge in [0.25, 0.3) is 5.19 Å². The van der Waals surface area contributed by atoms with Crippen molar-refractivity contribution in [2.45, 2.75) is 33.1 Å². The Morgan fingerprint density at radius 3 is 2.59 bits per heavy atom. The standard InChI is InChI=1S/C14H17NOS/c1-10-5-6-11(14(2,3)4)9-12(10)16-13-15-7-8-17-13/h5-9H,1-4H3. The fraction of sp³-hybridized carbons (Fsp3) is 0.357. The fourth-order valence-electron chi connectivity index (χ4n) is 1.53. The molecule has 0 radical (unpaired) electrons. The van der Waals surface area contributed by atoms with Gasteiger partial charge in [-0.05, 0) is 29.5 Å².